The van der Waals surface area contributed by atoms with Crippen molar-refractivity contribution in [2.45, 2.75) is 13.5 Å². The monoisotopic (exact) mass is 434 g/mol. The van der Waals surface area contributed by atoms with Crippen LogP contribution in [0.3, 0.4) is 0 Å². The zero-order valence-electron chi connectivity index (χ0n) is 17.9. The van der Waals surface area contributed by atoms with Crippen molar-refractivity contribution in [2.24, 2.45) is 0 Å². The first-order valence-corrected chi connectivity index (χ1v) is 9.89. The number of aryl methyl sites for hydroxylation is 1. The summed E-state index contributed by atoms with van der Waals surface area (Å²) in [5.74, 6) is 1.69. The van der Waals surface area contributed by atoms with Crippen molar-refractivity contribution in [3.63, 3.8) is 0 Å². The van der Waals surface area contributed by atoms with Crippen molar-refractivity contribution in [1.82, 2.24) is 20.4 Å². The summed E-state index contributed by atoms with van der Waals surface area (Å²) in [7, 11) is 3.15. The average Bonchev–Trinajstić information content (AvgIpc) is 3.25. The van der Waals surface area contributed by atoms with E-state index in [1.54, 1.807) is 39.3 Å². The minimum atomic E-state index is -0.322. The van der Waals surface area contributed by atoms with E-state index in [-0.39, 0.29) is 24.9 Å². The van der Waals surface area contributed by atoms with Crippen molar-refractivity contribution >= 4 is 17.0 Å². The fourth-order valence-electron chi connectivity index (χ4n) is 3.22. The normalized spacial score (nSPS) is 10.7. The Bertz CT molecular complexity index is 1240. The molecule has 32 heavy (non-hydrogen) atoms. The van der Waals surface area contributed by atoms with Crippen LogP contribution in [0.25, 0.3) is 22.4 Å². The molecular formula is C23H22N4O5. The van der Waals surface area contributed by atoms with Gasteiger partial charge in [-0.25, -0.2) is 0 Å². The molecule has 0 radical (unpaired) electrons. The molecule has 0 bridgehead atoms. The Balaban J connectivity index is 1.50. The molecule has 0 aliphatic heterocycles. The van der Waals surface area contributed by atoms with Crippen LogP contribution in [0.4, 0.5) is 0 Å². The molecule has 0 aliphatic rings. The van der Waals surface area contributed by atoms with Crippen molar-refractivity contribution in [1.29, 1.82) is 0 Å². The molecule has 164 valence electrons. The highest BCUT2D eigenvalue weighted by Gasteiger charge is 2.20. The first kappa shape index (κ1) is 21.1. The number of benzene rings is 2. The van der Waals surface area contributed by atoms with Gasteiger partial charge in [0.25, 0.3) is 11.6 Å². The lowest BCUT2D eigenvalue weighted by Crippen LogP contribution is -2.28. The third kappa shape index (κ3) is 4.46. The molecule has 0 aliphatic carbocycles. The number of amides is 1. The van der Waals surface area contributed by atoms with Gasteiger partial charge in [-0.3, -0.25) is 4.79 Å². The van der Waals surface area contributed by atoms with E-state index in [1.165, 1.54) is 0 Å². The fraction of sp³-hybridized carbons (Fsp3) is 0.217. The van der Waals surface area contributed by atoms with E-state index in [4.69, 9.17) is 18.7 Å². The topological polar surface area (TPSA) is 109 Å². The number of carbonyl (C=O) groups is 1. The SMILES string of the molecule is COc1ccc(OC)c(CNC(=O)COc2nc(C)nc3onc(-c4ccccc4)c23)c1. The number of rotatable bonds is 8. The molecule has 2 aromatic carbocycles. The summed E-state index contributed by atoms with van der Waals surface area (Å²) in [6, 6.07) is 14.9. The molecule has 0 saturated heterocycles. The second-order valence-electron chi connectivity index (χ2n) is 6.90. The molecule has 2 heterocycles. The van der Waals surface area contributed by atoms with Gasteiger partial charge in [0.1, 0.15) is 28.4 Å². The van der Waals surface area contributed by atoms with Crippen molar-refractivity contribution in [2.75, 3.05) is 20.8 Å². The van der Waals surface area contributed by atoms with E-state index >= 15 is 0 Å². The highest BCUT2D eigenvalue weighted by atomic mass is 16.5. The Hall–Kier alpha value is -4.14. The molecule has 2 aromatic heterocycles. The molecule has 0 atom stereocenters. The highest BCUT2D eigenvalue weighted by Crippen LogP contribution is 2.33. The summed E-state index contributed by atoms with van der Waals surface area (Å²) in [4.78, 5) is 21.1. The van der Waals surface area contributed by atoms with Crippen LogP contribution in [-0.2, 0) is 11.3 Å². The molecule has 4 rings (SSSR count). The van der Waals surface area contributed by atoms with Gasteiger partial charge >= 0.3 is 0 Å². The molecule has 1 N–H and O–H groups in total. The summed E-state index contributed by atoms with van der Waals surface area (Å²) in [5, 5.41) is 7.46. The Morgan fingerprint density at radius 2 is 1.88 bits per heavy atom. The van der Waals surface area contributed by atoms with Crippen LogP contribution in [0.15, 0.2) is 53.1 Å². The molecule has 9 heteroatoms. The lowest BCUT2D eigenvalue weighted by atomic mass is 10.1. The van der Waals surface area contributed by atoms with Crippen molar-refractivity contribution in [3.8, 4) is 28.6 Å². The Morgan fingerprint density at radius 1 is 1.06 bits per heavy atom. The smallest absolute Gasteiger partial charge is 0.265 e. The van der Waals surface area contributed by atoms with Crippen LogP contribution in [0, 0.1) is 6.92 Å². The summed E-state index contributed by atoms with van der Waals surface area (Å²) in [5.41, 5.74) is 2.47. The minimum Gasteiger partial charge on any atom is -0.497 e. The second kappa shape index (κ2) is 9.34. The maximum Gasteiger partial charge on any atom is 0.265 e. The second-order valence-corrected chi connectivity index (χ2v) is 6.90. The quantitative estimate of drug-likeness (QED) is 0.450. The predicted octanol–water partition coefficient (Wildman–Crippen LogP) is 3.31. The standard InChI is InChI=1S/C23H22N4O5/c1-14-25-22(20-21(27-32-23(20)26-14)15-7-5-4-6-8-15)31-13-19(28)24-12-16-11-17(29-2)9-10-18(16)30-3/h4-11H,12-13H2,1-3H3,(H,24,28). The third-order valence-corrected chi connectivity index (χ3v) is 4.77. The van der Waals surface area contributed by atoms with Gasteiger partial charge in [-0.15, -0.1) is 0 Å². The van der Waals surface area contributed by atoms with Gasteiger partial charge < -0.3 is 24.1 Å². The van der Waals surface area contributed by atoms with Gasteiger partial charge in [0.2, 0.25) is 5.88 Å². The molecule has 0 fully saturated rings. The lowest BCUT2D eigenvalue weighted by molar-refractivity contribution is -0.123. The van der Waals surface area contributed by atoms with E-state index in [2.05, 4.69) is 20.4 Å². The number of nitrogens with one attached hydrogen (secondary N) is 1. The van der Waals surface area contributed by atoms with Crippen LogP contribution in [0.1, 0.15) is 11.4 Å². The molecule has 0 saturated carbocycles. The van der Waals surface area contributed by atoms with Gasteiger partial charge in [0, 0.05) is 17.7 Å². The van der Waals surface area contributed by atoms with Crippen LogP contribution < -0.4 is 19.5 Å². The zero-order chi connectivity index (χ0) is 22.5. The number of ether oxygens (including phenoxy) is 3. The highest BCUT2D eigenvalue weighted by molar-refractivity contribution is 5.93. The average molecular weight is 434 g/mol. The van der Waals surface area contributed by atoms with Crippen LogP contribution in [-0.4, -0.2) is 41.9 Å². The Kier molecular flexibility index (Phi) is 6.16. The number of aromatic nitrogens is 3. The number of fused-ring (bicyclic) bond motifs is 1. The minimum absolute atomic E-state index is 0.238. The number of hydrogen-bond donors (Lipinski definition) is 1. The zero-order valence-corrected chi connectivity index (χ0v) is 17.9. The molecule has 4 aromatic rings. The summed E-state index contributed by atoms with van der Waals surface area (Å²) in [6.45, 7) is 1.73. The van der Waals surface area contributed by atoms with E-state index in [9.17, 15) is 4.79 Å². The molecule has 0 unspecified atom stereocenters. The summed E-state index contributed by atoms with van der Waals surface area (Å²) >= 11 is 0. The number of hydrogen-bond acceptors (Lipinski definition) is 8. The molecule has 0 spiro atoms. The maximum atomic E-state index is 12.5. The third-order valence-electron chi connectivity index (χ3n) is 4.77. The van der Waals surface area contributed by atoms with Crippen LogP contribution in [0.2, 0.25) is 0 Å². The van der Waals surface area contributed by atoms with Gasteiger partial charge in [0.15, 0.2) is 6.61 Å². The maximum absolute atomic E-state index is 12.5. The van der Waals surface area contributed by atoms with Crippen LogP contribution >= 0.6 is 0 Å². The largest absolute Gasteiger partial charge is 0.497 e. The molecule has 9 nitrogen and oxygen atoms in total. The van der Waals surface area contributed by atoms with Gasteiger partial charge in [-0.1, -0.05) is 35.5 Å². The predicted molar refractivity (Wildman–Crippen MR) is 117 cm³/mol. The van der Waals surface area contributed by atoms with Crippen molar-refractivity contribution < 1.29 is 23.5 Å². The Labute approximate surface area is 184 Å². The summed E-state index contributed by atoms with van der Waals surface area (Å²) < 4.78 is 21.7. The van der Waals surface area contributed by atoms with Gasteiger partial charge in [-0.05, 0) is 25.1 Å². The van der Waals surface area contributed by atoms with Crippen molar-refractivity contribution in [3.05, 3.63) is 59.9 Å². The molecule has 1 amide bonds. The first-order chi connectivity index (χ1) is 15.6. The van der Waals surface area contributed by atoms with Gasteiger partial charge in [-0.2, -0.15) is 9.97 Å². The van der Waals surface area contributed by atoms with E-state index in [1.807, 2.05) is 30.3 Å². The number of nitrogens with zero attached hydrogens (tertiary/aromatic N) is 3. The van der Waals surface area contributed by atoms with Crippen LogP contribution in [0.5, 0.6) is 17.4 Å². The fourth-order valence-corrected chi connectivity index (χ4v) is 3.22. The number of methoxy groups -OCH3 is 2. The lowest BCUT2D eigenvalue weighted by Gasteiger charge is -2.12. The first-order valence-electron chi connectivity index (χ1n) is 9.89. The van der Waals surface area contributed by atoms with E-state index in [0.29, 0.717) is 34.1 Å². The van der Waals surface area contributed by atoms with E-state index < -0.39 is 0 Å². The summed E-state index contributed by atoms with van der Waals surface area (Å²) in [6.07, 6.45) is 0. The van der Waals surface area contributed by atoms with Gasteiger partial charge in [0.05, 0.1) is 14.2 Å². The molecular weight excluding hydrogens is 412 g/mol. The number of carbonyl (C=O) groups excluding carboxylic acids is 1. The Morgan fingerprint density at radius 3 is 2.62 bits per heavy atom. The van der Waals surface area contributed by atoms with E-state index in [0.717, 1.165) is 11.1 Å².